The van der Waals surface area contributed by atoms with Crippen LogP contribution in [0.15, 0.2) is 58.6 Å². The van der Waals surface area contributed by atoms with E-state index >= 15 is 0 Å². The molecule has 3 rings (SSSR count). The molecule has 0 spiro atoms. The molecule has 0 bridgehead atoms. The number of anilines is 1. The Morgan fingerprint density at radius 3 is 2.27 bits per heavy atom. The number of allylic oxidation sites excluding steroid dienone is 1. The highest BCUT2D eigenvalue weighted by Gasteiger charge is 2.24. The highest BCUT2D eigenvalue weighted by atomic mass is 32.2. The topological polar surface area (TPSA) is 81.2 Å². The molecule has 156 valence electrons. The van der Waals surface area contributed by atoms with E-state index in [1.807, 2.05) is 31.2 Å². The van der Waals surface area contributed by atoms with Crippen molar-refractivity contribution in [1.29, 1.82) is 0 Å². The molecule has 1 aliphatic heterocycles. The van der Waals surface area contributed by atoms with Crippen LogP contribution in [-0.4, -0.2) is 32.4 Å². The van der Waals surface area contributed by atoms with Gasteiger partial charge >= 0.3 is 0 Å². The van der Waals surface area contributed by atoms with E-state index in [1.165, 1.54) is 11.8 Å². The van der Waals surface area contributed by atoms with Gasteiger partial charge < -0.3 is 24.8 Å². The Labute approximate surface area is 179 Å². The van der Waals surface area contributed by atoms with Crippen molar-refractivity contribution in [2.45, 2.75) is 6.92 Å². The van der Waals surface area contributed by atoms with Crippen LogP contribution in [-0.2, 0) is 4.79 Å². The fourth-order valence-corrected chi connectivity index (χ4v) is 3.64. The Morgan fingerprint density at radius 2 is 1.73 bits per heavy atom. The van der Waals surface area contributed by atoms with Crippen LogP contribution >= 0.6 is 11.8 Å². The number of nitrogens with one attached hydrogen (secondary N) is 2. The molecule has 0 unspecified atom stereocenters. The smallest absolute Gasteiger partial charge is 0.264 e. The van der Waals surface area contributed by atoms with Gasteiger partial charge in [-0.1, -0.05) is 6.58 Å². The lowest BCUT2D eigenvalue weighted by atomic mass is 10.1. The van der Waals surface area contributed by atoms with E-state index in [0.29, 0.717) is 27.3 Å². The molecule has 1 fully saturated rings. The molecule has 2 N–H and O–H groups in total. The maximum atomic E-state index is 12.4. The molecule has 1 amide bonds. The molecule has 1 aliphatic rings. The summed E-state index contributed by atoms with van der Waals surface area (Å²) < 4.78 is 16.1. The summed E-state index contributed by atoms with van der Waals surface area (Å²) in [7, 11) is 4.64. The van der Waals surface area contributed by atoms with E-state index in [1.54, 1.807) is 39.5 Å². The highest BCUT2D eigenvalue weighted by molar-refractivity contribution is 8.18. The number of carbonyl (C=O) groups is 1. The molecular weight excluding hydrogens is 402 g/mol. The number of carbonyl (C=O) groups excluding carboxylic acids is 1. The molecule has 0 saturated carbocycles. The molecule has 0 radical (unpaired) electrons. The summed E-state index contributed by atoms with van der Waals surface area (Å²) in [5, 5.41) is 6.44. The van der Waals surface area contributed by atoms with Crippen LogP contribution in [0, 0.1) is 0 Å². The predicted octanol–water partition coefficient (Wildman–Crippen LogP) is 4.55. The maximum absolute atomic E-state index is 12.4. The van der Waals surface area contributed by atoms with Gasteiger partial charge in [-0.3, -0.25) is 4.79 Å². The van der Waals surface area contributed by atoms with Gasteiger partial charge in [0.25, 0.3) is 5.91 Å². The second kappa shape index (κ2) is 9.41. The Hall–Kier alpha value is -3.39. The SMILES string of the molecule is C=C(C)Nc1ccc(N=C2NC(=O)/C(=C/c3cc(OC)c(OC)c(OC)c3)S2)cc1. The van der Waals surface area contributed by atoms with Crippen LogP contribution in [0.4, 0.5) is 11.4 Å². The van der Waals surface area contributed by atoms with E-state index in [2.05, 4.69) is 22.2 Å². The maximum Gasteiger partial charge on any atom is 0.264 e. The number of rotatable bonds is 7. The quantitative estimate of drug-likeness (QED) is 0.634. The molecule has 1 saturated heterocycles. The van der Waals surface area contributed by atoms with Gasteiger partial charge in [0.1, 0.15) is 0 Å². The van der Waals surface area contributed by atoms with Crippen LogP contribution in [0.1, 0.15) is 12.5 Å². The van der Waals surface area contributed by atoms with Crippen molar-refractivity contribution in [2.24, 2.45) is 4.99 Å². The number of aliphatic imine (C=N–C) groups is 1. The van der Waals surface area contributed by atoms with Gasteiger partial charge in [-0.2, -0.15) is 0 Å². The third kappa shape index (κ3) is 4.96. The third-order valence-corrected chi connectivity index (χ3v) is 5.00. The lowest BCUT2D eigenvalue weighted by Gasteiger charge is -2.12. The predicted molar refractivity (Wildman–Crippen MR) is 122 cm³/mol. The van der Waals surface area contributed by atoms with Crippen molar-refractivity contribution < 1.29 is 19.0 Å². The van der Waals surface area contributed by atoms with Crippen molar-refractivity contribution in [1.82, 2.24) is 5.32 Å². The van der Waals surface area contributed by atoms with Gasteiger partial charge in [0, 0.05) is 11.4 Å². The average molecular weight is 426 g/mol. The zero-order valence-electron chi connectivity index (χ0n) is 17.2. The van der Waals surface area contributed by atoms with Crippen molar-refractivity contribution in [3.8, 4) is 17.2 Å². The normalized spacial score (nSPS) is 15.8. The van der Waals surface area contributed by atoms with Gasteiger partial charge in [0.15, 0.2) is 16.7 Å². The van der Waals surface area contributed by atoms with Gasteiger partial charge in [0.05, 0.1) is 31.9 Å². The summed E-state index contributed by atoms with van der Waals surface area (Å²) in [5.74, 6) is 1.32. The second-order valence-electron chi connectivity index (χ2n) is 6.39. The van der Waals surface area contributed by atoms with Gasteiger partial charge in [0.2, 0.25) is 5.75 Å². The number of nitrogens with zero attached hydrogens (tertiary/aromatic N) is 1. The van der Waals surface area contributed by atoms with Crippen LogP contribution in [0.3, 0.4) is 0 Å². The Morgan fingerprint density at radius 1 is 1.10 bits per heavy atom. The van der Waals surface area contributed by atoms with Crippen molar-refractivity contribution in [3.63, 3.8) is 0 Å². The zero-order valence-corrected chi connectivity index (χ0v) is 18.1. The van der Waals surface area contributed by atoms with Crippen LogP contribution in [0.5, 0.6) is 17.2 Å². The standard InChI is InChI=1S/C22H23N3O4S/c1-13(2)23-15-6-8-16(9-7-15)24-22-25-21(26)19(30-22)12-14-10-17(27-3)20(29-5)18(11-14)28-4/h6-12,23H,1H2,2-5H3,(H,24,25,26)/b19-12-. The number of hydrogen-bond acceptors (Lipinski definition) is 7. The fourth-order valence-electron chi connectivity index (χ4n) is 2.80. The number of amides is 1. The lowest BCUT2D eigenvalue weighted by Crippen LogP contribution is -2.19. The first-order valence-corrected chi connectivity index (χ1v) is 9.87. The molecule has 0 aliphatic carbocycles. The number of methoxy groups -OCH3 is 3. The molecular formula is C22H23N3O4S. The van der Waals surface area contributed by atoms with Crippen molar-refractivity contribution in [3.05, 3.63) is 59.1 Å². The van der Waals surface area contributed by atoms with E-state index in [0.717, 1.165) is 22.6 Å². The van der Waals surface area contributed by atoms with Crippen molar-refractivity contribution >= 4 is 40.3 Å². The summed E-state index contributed by atoms with van der Waals surface area (Å²) in [6.07, 6.45) is 1.76. The molecule has 0 atom stereocenters. The Balaban J connectivity index is 1.82. The van der Waals surface area contributed by atoms with E-state index in [9.17, 15) is 4.79 Å². The largest absolute Gasteiger partial charge is 0.493 e. The molecule has 30 heavy (non-hydrogen) atoms. The van der Waals surface area contributed by atoms with Crippen LogP contribution < -0.4 is 24.8 Å². The fraction of sp³-hybridized carbons (Fsp3) is 0.182. The molecule has 7 nitrogen and oxygen atoms in total. The van der Waals surface area contributed by atoms with Gasteiger partial charge in [-0.25, -0.2) is 4.99 Å². The first-order valence-electron chi connectivity index (χ1n) is 9.05. The first-order chi connectivity index (χ1) is 14.4. The number of benzene rings is 2. The summed E-state index contributed by atoms with van der Waals surface area (Å²) in [4.78, 5) is 17.4. The Bertz CT molecular complexity index is 1000. The summed E-state index contributed by atoms with van der Waals surface area (Å²) in [6.45, 7) is 5.71. The number of ether oxygens (including phenoxy) is 3. The summed E-state index contributed by atoms with van der Waals surface area (Å²) in [5.41, 5.74) is 3.27. The minimum absolute atomic E-state index is 0.215. The second-order valence-corrected chi connectivity index (χ2v) is 7.42. The minimum Gasteiger partial charge on any atom is -0.493 e. The first kappa shape index (κ1) is 21.3. The minimum atomic E-state index is -0.215. The molecule has 8 heteroatoms. The van der Waals surface area contributed by atoms with Gasteiger partial charge in [-0.05, 0) is 66.7 Å². The summed E-state index contributed by atoms with van der Waals surface area (Å²) >= 11 is 1.27. The lowest BCUT2D eigenvalue weighted by molar-refractivity contribution is -0.115. The monoisotopic (exact) mass is 425 g/mol. The molecule has 2 aromatic rings. The zero-order chi connectivity index (χ0) is 21.7. The molecule has 0 aromatic heterocycles. The van der Waals surface area contributed by atoms with Crippen LogP contribution in [0.2, 0.25) is 0 Å². The van der Waals surface area contributed by atoms with Crippen LogP contribution in [0.25, 0.3) is 6.08 Å². The van der Waals surface area contributed by atoms with E-state index < -0.39 is 0 Å². The van der Waals surface area contributed by atoms with Crippen molar-refractivity contribution in [2.75, 3.05) is 26.6 Å². The average Bonchev–Trinajstić information content (AvgIpc) is 3.06. The number of amidine groups is 1. The van der Waals surface area contributed by atoms with E-state index in [4.69, 9.17) is 14.2 Å². The summed E-state index contributed by atoms with van der Waals surface area (Å²) in [6, 6.07) is 11.1. The number of thioether (sulfide) groups is 1. The highest BCUT2D eigenvalue weighted by Crippen LogP contribution is 2.39. The molecule has 1 heterocycles. The molecule has 2 aromatic carbocycles. The third-order valence-electron chi connectivity index (χ3n) is 4.09. The number of hydrogen-bond donors (Lipinski definition) is 2. The van der Waals surface area contributed by atoms with E-state index in [-0.39, 0.29) is 5.91 Å². The Kier molecular flexibility index (Phi) is 6.68. The van der Waals surface area contributed by atoms with Gasteiger partial charge in [-0.15, -0.1) is 0 Å².